The number of amides is 1. The molecular formula is C14H13F2NO3. The summed E-state index contributed by atoms with van der Waals surface area (Å²) in [5.74, 6) is -1.23. The van der Waals surface area contributed by atoms with E-state index in [1.54, 1.807) is 0 Å². The number of carboxylic acid groups (broad SMARTS) is 1. The molecule has 0 bridgehead atoms. The Balaban J connectivity index is 1.95. The number of benzene rings is 1. The number of carbonyl (C=O) groups is 2. The number of rotatable bonds is 2. The fourth-order valence-electron chi connectivity index (χ4n) is 3.35. The molecule has 0 spiro atoms. The Labute approximate surface area is 114 Å². The first-order chi connectivity index (χ1) is 9.46. The maximum absolute atomic E-state index is 13.3. The highest BCUT2D eigenvalue weighted by Crippen LogP contribution is 2.59. The van der Waals surface area contributed by atoms with Crippen molar-refractivity contribution in [2.75, 3.05) is 6.54 Å². The minimum atomic E-state index is -1.18. The van der Waals surface area contributed by atoms with E-state index < -0.39 is 29.2 Å². The van der Waals surface area contributed by atoms with Crippen molar-refractivity contribution < 1.29 is 23.5 Å². The van der Waals surface area contributed by atoms with Crippen LogP contribution < -0.4 is 0 Å². The molecule has 2 fully saturated rings. The molecule has 2 aliphatic rings. The highest BCUT2D eigenvalue weighted by Gasteiger charge is 2.61. The molecule has 1 aliphatic carbocycles. The van der Waals surface area contributed by atoms with Gasteiger partial charge in [-0.3, -0.25) is 4.90 Å². The van der Waals surface area contributed by atoms with E-state index in [4.69, 9.17) is 5.11 Å². The van der Waals surface area contributed by atoms with Crippen molar-refractivity contribution in [3.8, 4) is 0 Å². The van der Waals surface area contributed by atoms with Crippen LogP contribution in [-0.2, 0) is 10.2 Å². The molecule has 1 aromatic rings. The zero-order valence-corrected chi connectivity index (χ0v) is 10.6. The topological polar surface area (TPSA) is 57.6 Å². The molecular weight excluding hydrogens is 268 g/mol. The molecule has 20 heavy (non-hydrogen) atoms. The predicted octanol–water partition coefficient (Wildman–Crippen LogP) is 2.17. The zero-order valence-electron chi connectivity index (χ0n) is 10.6. The number of nitrogens with zero attached hydrogens (tertiary/aromatic N) is 1. The molecule has 1 saturated heterocycles. The molecule has 1 aliphatic heterocycles. The Morgan fingerprint density at radius 3 is 2.55 bits per heavy atom. The van der Waals surface area contributed by atoms with E-state index in [1.807, 2.05) is 0 Å². The van der Waals surface area contributed by atoms with Crippen molar-refractivity contribution in [2.24, 2.45) is 5.92 Å². The number of piperidine rings is 1. The second-order valence-electron chi connectivity index (χ2n) is 5.56. The third-order valence-corrected chi connectivity index (χ3v) is 4.45. The SMILES string of the molecule is O=CC1C[C@@H]2C[C@]2(c2cc(F)cc(F)c2)CN1C(=O)O. The smallest absolute Gasteiger partial charge is 0.407 e. The van der Waals surface area contributed by atoms with Gasteiger partial charge in [0.05, 0.1) is 6.04 Å². The summed E-state index contributed by atoms with van der Waals surface area (Å²) in [6, 6.07) is 2.64. The molecule has 1 N–H and O–H groups in total. The van der Waals surface area contributed by atoms with Crippen LogP contribution in [0.5, 0.6) is 0 Å². The highest BCUT2D eigenvalue weighted by atomic mass is 19.1. The molecule has 3 atom stereocenters. The number of aldehydes is 1. The summed E-state index contributed by atoms with van der Waals surface area (Å²) in [7, 11) is 0. The number of fused-ring (bicyclic) bond motifs is 1. The summed E-state index contributed by atoms with van der Waals surface area (Å²) in [6.45, 7) is 0.110. The van der Waals surface area contributed by atoms with Crippen LogP contribution in [0, 0.1) is 17.6 Å². The third kappa shape index (κ3) is 1.87. The third-order valence-electron chi connectivity index (χ3n) is 4.45. The van der Waals surface area contributed by atoms with Gasteiger partial charge in [0.2, 0.25) is 0 Å². The Bertz CT molecular complexity index is 572. The van der Waals surface area contributed by atoms with Crippen LogP contribution in [0.1, 0.15) is 18.4 Å². The summed E-state index contributed by atoms with van der Waals surface area (Å²) in [5, 5.41) is 9.17. The predicted molar refractivity (Wildman–Crippen MR) is 65.3 cm³/mol. The van der Waals surface area contributed by atoms with Gasteiger partial charge in [0, 0.05) is 18.0 Å². The average Bonchev–Trinajstić information content (AvgIpc) is 3.10. The number of carbonyl (C=O) groups excluding carboxylic acids is 1. The molecule has 1 unspecified atom stereocenters. The first-order valence-electron chi connectivity index (χ1n) is 6.38. The van der Waals surface area contributed by atoms with E-state index in [2.05, 4.69) is 0 Å². The molecule has 1 heterocycles. The average molecular weight is 281 g/mol. The van der Waals surface area contributed by atoms with Crippen LogP contribution in [0.15, 0.2) is 18.2 Å². The lowest BCUT2D eigenvalue weighted by Crippen LogP contribution is -2.49. The monoisotopic (exact) mass is 281 g/mol. The summed E-state index contributed by atoms with van der Waals surface area (Å²) >= 11 is 0. The lowest BCUT2D eigenvalue weighted by molar-refractivity contribution is -0.113. The number of likely N-dealkylation sites (tertiary alicyclic amines) is 1. The van der Waals surface area contributed by atoms with Crippen molar-refractivity contribution >= 4 is 12.4 Å². The first-order valence-corrected chi connectivity index (χ1v) is 6.38. The Hall–Kier alpha value is -1.98. The van der Waals surface area contributed by atoms with Gasteiger partial charge in [-0.25, -0.2) is 13.6 Å². The van der Waals surface area contributed by atoms with Gasteiger partial charge in [0.1, 0.15) is 17.9 Å². The molecule has 0 radical (unpaired) electrons. The molecule has 4 nitrogen and oxygen atoms in total. The van der Waals surface area contributed by atoms with Crippen LogP contribution >= 0.6 is 0 Å². The van der Waals surface area contributed by atoms with Crippen molar-refractivity contribution in [3.05, 3.63) is 35.4 Å². The molecule has 3 rings (SSSR count). The molecule has 6 heteroatoms. The van der Waals surface area contributed by atoms with E-state index >= 15 is 0 Å². The molecule has 106 valence electrons. The summed E-state index contributed by atoms with van der Waals surface area (Å²) < 4.78 is 26.7. The minimum Gasteiger partial charge on any atom is -0.465 e. The molecule has 1 aromatic carbocycles. The van der Waals surface area contributed by atoms with Crippen molar-refractivity contribution in [2.45, 2.75) is 24.3 Å². The molecule has 1 amide bonds. The highest BCUT2D eigenvalue weighted by molar-refractivity contribution is 5.73. The van der Waals surface area contributed by atoms with Gasteiger partial charge in [0.15, 0.2) is 0 Å². The molecule has 0 aromatic heterocycles. The Morgan fingerprint density at radius 1 is 1.35 bits per heavy atom. The minimum absolute atomic E-state index is 0.106. The first kappa shape index (κ1) is 13.0. The van der Waals surface area contributed by atoms with Gasteiger partial charge in [-0.1, -0.05) is 0 Å². The van der Waals surface area contributed by atoms with Gasteiger partial charge in [0.25, 0.3) is 0 Å². The van der Waals surface area contributed by atoms with E-state index in [1.165, 1.54) is 12.1 Å². The van der Waals surface area contributed by atoms with E-state index in [9.17, 15) is 18.4 Å². The normalized spacial score (nSPS) is 31.6. The number of hydrogen-bond acceptors (Lipinski definition) is 2. The lowest BCUT2D eigenvalue weighted by Gasteiger charge is -2.35. The van der Waals surface area contributed by atoms with Gasteiger partial charge in [-0.05, 0) is 36.5 Å². The van der Waals surface area contributed by atoms with Gasteiger partial charge in [-0.2, -0.15) is 0 Å². The maximum atomic E-state index is 13.3. The van der Waals surface area contributed by atoms with Crippen molar-refractivity contribution in [1.29, 1.82) is 0 Å². The van der Waals surface area contributed by atoms with Gasteiger partial charge in [-0.15, -0.1) is 0 Å². The zero-order chi connectivity index (χ0) is 14.5. The number of halogens is 2. The lowest BCUT2D eigenvalue weighted by atomic mass is 9.86. The summed E-state index contributed by atoms with van der Waals surface area (Å²) in [5.41, 5.74) is -0.0588. The van der Waals surface area contributed by atoms with Crippen LogP contribution in [0.4, 0.5) is 13.6 Å². The number of hydrogen-bond donors (Lipinski definition) is 1. The fourth-order valence-corrected chi connectivity index (χ4v) is 3.35. The second-order valence-corrected chi connectivity index (χ2v) is 5.56. The van der Waals surface area contributed by atoms with E-state index in [-0.39, 0.29) is 12.5 Å². The standard InChI is InChI=1S/C14H13F2NO3/c15-10-1-8(2-11(16)4-10)14-5-9(14)3-12(6-18)17(7-14)13(19)20/h1-2,4,6,9,12H,3,5,7H2,(H,19,20)/t9-,12?,14-/m1/s1. The second kappa shape index (κ2) is 4.26. The largest absolute Gasteiger partial charge is 0.465 e. The summed E-state index contributed by atoms with van der Waals surface area (Å²) in [4.78, 5) is 23.2. The Morgan fingerprint density at radius 2 is 2.00 bits per heavy atom. The van der Waals surface area contributed by atoms with E-state index in [0.29, 0.717) is 24.7 Å². The van der Waals surface area contributed by atoms with Crippen LogP contribution in [0.2, 0.25) is 0 Å². The van der Waals surface area contributed by atoms with Gasteiger partial charge < -0.3 is 9.90 Å². The fraction of sp³-hybridized carbons (Fsp3) is 0.429. The van der Waals surface area contributed by atoms with Crippen molar-refractivity contribution in [3.63, 3.8) is 0 Å². The van der Waals surface area contributed by atoms with Gasteiger partial charge >= 0.3 is 6.09 Å². The summed E-state index contributed by atoms with van der Waals surface area (Å²) in [6.07, 6.45) is 0.518. The molecule has 1 saturated carbocycles. The van der Waals surface area contributed by atoms with Crippen LogP contribution in [0.3, 0.4) is 0 Å². The van der Waals surface area contributed by atoms with Crippen LogP contribution in [0.25, 0.3) is 0 Å². The quantitative estimate of drug-likeness (QED) is 0.845. The van der Waals surface area contributed by atoms with Crippen molar-refractivity contribution in [1.82, 2.24) is 4.90 Å². The Kier molecular flexibility index (Phi) is 2.77. The van der Waals surface area contributed by atoms with E-state index in [0.717, 1.165) is 11.0 Å². The van der Waals surface area contributed by atoms with Crippen LogP contribution in [-0.4, -0.2) is 35.0 Å². The maximum Gasteiger partial charge on any atom is 0.407 e.